The van der Waals surface area contributed by atoms with Crippen molar-refractivity contribution in [1.29, 1.82) is 0 Å². The summed E-state index contributed by atoms with van der Waals surface area (Å²) in [7, 11) is 0. The van der Waals surface area contributed by atoms with Crippen LogP contribution in [0, 0.1) is 6.07 Å². The molecule has 0 amide bonds. The maximum absolute atomic E-state index is 3.36. The average molecular weight is 342 g/mol. The lowest BCUT2D eigenvalue weighted by Crippen LogP contribution is -1.89. The Labute approximate surface area is 144 Å². The monoisotopic (exact) mass is 341 g/mol. The van der Waals surface area contributed by atoms with Gasteiger partial charge in [0.05, 0.1) is 0 Å². The van der Waals surface area contributed by atoms with Crippen LogP contribution in [-0.2, 0) is 0 Å². The van der Waals surface area contributed by atoms with Crippen LogP contribution in [0.5, 0.6) is 0 Å². The lowest BCUT2D eigenvalue weighted by atomic mass is 10.4. The van der Waals surface area contributed by atoms with Crippen LogP contribution in [0.25, 0.3) is 0 Å². The molecule has 0 saturated carbocycles. The molecule has 21 heavy (non-hydrogen) atoms. The van der Waals surface area contributed by atoms with Gasteiger partial charge in [0.1, 0.15) is 0 Å². The van der Waals surface area contributed by atoms with E-state index in [4.69, 9.17) is 0 Å². The highest BCUT2D eigenvalue weighted by Crippen LogP contribution is 2.39. The molecule has 0 nitrogen and oxygen atoms in total. The number of unbranched alkanes of at least 4 members (excludes halogenated alkanes) is 3. The summed E-state index contributed by atoms with van der Waals surface area (Å²) >= 11 is 6.09. The molecule has 119 valence electrons. The normalized spacial score (nSPS) is 11.0. The zero-order valence-electron chi connectivity index (χ0n) is 13.7. The van der Waals surface area contributed by atoms with E-state index in [1.54, 1.807) is 0 Å². The van der Waals surface area contributed by atoms with Crippen molar-refractivity contribution in [3.63, 3.8) is 0 Å². The van der Waals surface area contributed by atoms with Gasteiger partial charge in [0.2, 0.25) is 0 Å². The van der Waals surface area contributed by atoms with E-state index in [1.807, 2.05) is 23.5 Å². The van der Waals surface area contributed by atoms with Gasteiger partial charge >= 0.3 is 0 Å². The Bertz CT molecular complexity index is 348. The highest BCUT2D eigenvalue weighted by atomic mass is 32.2. The van der Waals surface area contributed by atoms with Crippen LogP contribution < -0.4 is 0 Å². The van der Waals surface area contributed by atoms with Crippen LogP contribution in [-0.4, -0.2) is 17.3 Å². The topological polar surface area (TPSA) is 0 Å². The van der Waals surface area contributed by atoms with E-state index < -0.39 is 0 Å². The van der Waals surface area contributed by atoms with Crippen molar-refractivity contribution < 1.29 is 0 Å². The predicted octanol–water partition coefficient (Wildman–Crippen LogP) is 7.16. The fourth-order valence-corrected chi connectivity index (χ4v) is 5.68. The van der Waals surface area contributed by atoms with Gasteiger partial charge in [0, 0.05) is 14.7 Å². The molecular formula is C18H29S3. The van der Waals surface area contributed by atoms with Gasteiger partial charge < -0.3 is 0 Å². The van der Waals surface area contributed by atoms with Crippen molar-refractivity contribution in [3.8, 4) is 0 Å². The zero-order valence-corrected chi connectivity index (χ0v) is 16.2. The Balaban J connectivity index is 2.75. The molecule has 0 heterocycles. The molecule has 0 fully saturated rings. The number of hydrogen-bond acceptors (Lipinski definition) is 3. The van der Waals surface area contributed by atoms with Crippen molar-refractivity contribution >= 4 is 35.3 Å². The van der Waals surface area contributed by atoms with Gasteiger partial charge in [-0.1, -0.05) is 40.0 Å². The van der Waals surface area contributed by atoms with E-state index >= 15 is 0 Å². The fraction of sp³-hybridized carbons (Fsp3) is 0.667. The molecule has 1 aromatic carbocycles. The standard InChI is InChI=1S/C18H29S3/c1-4-7-13-19-16-11-10-12-17(20-14-8-5-2)18(16)21-15-9-6-3/h11-12H,4-9,13-15H2,1-3H3. The Morgan fingerprint density at radius 1 is 0.714 bits per heavy atom. The molecular weight excluding hydrogens is 312 g/mol. The summed E-state index contributed by atoms with van der Waals surface area (Å²) in [4.78, 5) is 4.42. The van der Waals surface area contributed by atoms with Gasteiger partial charge in [-0.25, -0.2) is 0 Å². The van der Waals surface area contributed by atoms with Crippen LogP contribution >= 0.6 is 35.3 Å². The Hall–Kier alpha value is 0.270. The van der Waals surface area contributed by atoms with Crippen LogP contribution in [0.4, 0.5) is 0 Å². The molecule has 0 aliphatic heterocycles. The van der Waals surface area contributed by atoms with E-state index in [2.05, 4.69) is 50.7 Å². The maximum atomic E-state index is 3.36. The molecule has 1 rings (SSSR count). The Morgan fingerprint density at radius 2 is 1.14 bits per heavy atom. The minimum atomic E-state index is 1.23. The minimum absolute atomic E-state index is 1.23. The average Bonchev–Trinajstić information content (AvgIpc) is 2.50. The fourth-order valence-electron chi connectivity index (χ4n) is 1.77. The van der Waals surface area contributed by atoms with Gasteiger partial charge in [-0.05, 0) is 54.7 Å². The molecule has 1 aromatic rings. The summed E-state index contributed by atoms with van der Waals surface area (Å²) < 4.78 is 0. The first kappa shape index (κ1) is 19.3. The van der Waals surface area contributed by atoms with Crippen LogP contribution in [0.1, 0.15) is 59.3 Å². The summed E-state index contributed by atoms with van der Waals surface area (Å²) in [5.41, 5.74) is 0. The first-order valence-electron chi connectivity index (χ1n) is 8.25. The van der Waals surface area contributed by atoms with Gasteiger partial charge in [-0.3, -0.25) is 0 Å². The van der Waals surface area contributed by atoms with Crippen molar-refractivity contribution in [2.75, 3.05) is 17.3 Å². The van der Waals surface area contributed by atoms with Crippen molar-refractivity contribution in [3.05, 3.63) is 18.2 Å². The molecule has 0 atom stereocenters. The van der Waals surface area contributed by atoms with Crippen LogP contribution in [0.3, 0.4) is 0 Å². The molecule has 0 aliphatic carbocycles. The van der Waals surface area contributed by atoms with E-state index in [-0.39, 0.29) is 0 Å². The van der Waals surface area contributed by atoms with Crippen LogP contribution in [0.2, 0.25) is 0 Å². The number of benzene rings is 1. The van der Waals surface area contributed by atoms with Gasteiger partial charge in [-0.2, -0.15) is 0 Å². The molecule has 0 saturated heterocycles. The second kappa shape index (κ2) is 12.8. The number of thioether (sulfide) groups is 3. The third-order valence-electron chi connectivity index (χ3n) is 3.13. The quantitative estimate of drug-likeness (QED) is 0.292. The van der Waals surface area contributed by atoms with Crippen molar-refractivity contribution in [2.45, 2.75) is 74.0 Å². The number of hydrogen-bond donors (Lipinski definition) is 0. The molecule has 1 radical (unpaired) electrons. The Kier molecular flexibility index (Phi) is 11.8. The largest absolute Gasteiger partial charge is 0.125 e. The van der Waals surface area contributed by atoms with E-state index in [0.29, 0.717) is 0 Å². The summed E-state index contributed by atoms with van der Waals surface area (Å²) in [5.74, 6) is 3.70. The second-order valence-electron chi connectivity index (χ2n) is 5.12. The maximum Gasteiger partial charge on any atom is 0.0345 e. The minimum Gasteiger partial charge on any atom is -0.125 e. The van der Waals surface area contributed by atoms with Crippen molar-refractivity contribution in [2.24, 2.45) is 0 Å². The molecule has 0 aromatic heterocycles. The number of rotatable bonds is 12. The molecule has 0 N–H and O–H groups in total. The summed E-state index contributed by atoms with van der Waals surface area (Å²) in [5, 5.41) is 0. The first-order chi connectivity index (χ1) is 10.3. The molecule has 3 heteroatoms. The van der Waals surface area contributed by atoms with Gasteiger partial charge in [0.15, 0.2) is 0 Å². The third kappa shape index (κ3) is 7.90. The summed E-state index contributed by atoms with van der Waals surface area (Å²) in [6.45, 7) is 6.80. The highest BCUT2D eigenvalue weighted by Gasteiger charge is 2.10. The molecule has 0 spiro atoms. The smallest absolute Gasteiger partial charge is 0.0345 e. The predicted molar refractivity (Wildman–Crippen MR) is 102 cm³/mol. The molecule has 0 unspecified atom stereocenters. The molecule has 0 bridgehead atoms. The van der Waals surface area contributed by atoms with Crippen LogP contribution in [0.15, 0.2) is 26.8 Å². The van der Waals surface area contributed by atoms with E-state index in [1.165, 1.54) is 70.5 Å². The zero-order chi connectivity index (χ0) is 15.3. The third-order valence-corrected chi connectivity index (χ3v) is 6.86. The van der Waals surface area contributed by atoms with E-state index in [9.17, 15) is 0 Å². The molecule has 0 aliphatic rings. The lowest BCUT2D eigenvalue weighted by molar-refractivity contribution is 0.889. The van der Waals surface area contributed by atoms with Crippen molar-refractivity contribution in [1.82, 2.24) is 0 Å². The summed E-state index contributed by atoms with van der Waals surface area (Å²) in [6.07, 6.45) is 7.75. The highest BCUT2D eigenvalue weighted by molar-refractivity contribution is 8.03. The Morgan fingerprint density at radius 3 is 1.57 bits per heavy atom. The van der Waals surface area contributed by atoms with E-state index in [0.717, 1.165) is 0 Å². The summed E-state index contributed by atoms with van der Waals surface area (Å²) in [6, 6.07) is 7.75. The first-order valence-corrected chi connectivity index (χ1v) is 11.2. The SMILES string of the molecule is CCCCSc1c[c]cc(SCCCC)c1SCCCC. The van der Waals surface area contributed by atoms with Gasteiger partial charge in [-0.15, -0.1) is 35.3 Å². The van der Waals surface area contributed by atoms with Gasteiger partial charge in [0.25, 0.3) is 0 Å². The lowest BCUT2D eigenvalue weighted by Gasteiger charge is -2.13. The second-order valence-corrected chi connectivity index (χ2v) is 8.50.